The highest BCUT2D eigenvalue weighted by atomic mass is 16.5. The van der Waals surface area contributed by atoms with E-state index in [2.05, 4.69) is 5.32 Å². The quantitative estimate of drug-likeness (QED) is 0.513. The van der Waals surface area contributed by atoms with E-state index >= 15 is 0 Å². The summed E-state index contributed by atoms with van der Waals surface area (Å²) >= 11 is 0. The highest BCUT2D eigenvalue weighted by Gasteiger charge is 2.48. The zero-order valence-corrected chi connectivity index (χ0v) is 20.1. The van der Waals surface area contributed by atoms with Gasteiger partial charge in [0.05, 0.1) is 38.9 Å². The van der Waals surface area contributed by atoms with Gasteiger partial charge in [-0.25, -0.2) is 4.79 Å². The van der Waals surface area contributed by atoms with Crippen molar-refractivity contribution in [3.8, 4) is 11.5 Å². The molecule has 1 heterocycles. The van der Waals surface area contributed by atoms with Crippen molar-refractivity contribution in [1.29, 1.82) is 0 Å². The summed E-state index contributed by atoms with van der Waals surface area (Å²) in [5.41, 5.74) is 2.48. The average Bonchev–Trinajstić information content (AvgIpc) is 2.76. The molecule has 0 bridgehead atoms. The van der Waals surface area contributed by atoms with Crippen LogP contribution in [-0.2, 0) is 23.9 Å². The van der Waals surface area contributed by atoms with Crippen LogP contribution < -0.4 is 14.8 Å². The Morgan fingerprint density at radius 3 is 2.39 bits per heavy atom. The smallest absolute Gasteiger partial charge is 0.337 e. The van der Waals surface area contributed by atoms with Gasteiger partial charge in [0, 0.05) is 22.5 Å². The van der Waals surface area contributed by atoms with Crippen LogP contribution in [0.25, 0.3) is 0 Å². The molecule has 0 spiro atoms. The van der Waals surface area contributed by atoms with E-state index in [0.29, 0.717) is 46.0 Å². The molecule has 1 aliphatic carbocycles. The second-order valence-electron chi connectivity index (χ2n) is 8.57. The summed E-state index contributed by atoms with van der Waals surface area (Å²) in [4.78, 5) is 39.5. The van der Waals surface area contributed by atoms with E-state index in [1.807, 2.05) is 6.92 Å². The van der Waals surface area contributed by atoms with E-state index in [4.69, 9.17) is 18.9 Å². The Labute approximate surface area is 193 Å². The number of methoxy groups -OCH3 is 3. The fourth-order valence-electron chi connectivity index (χ4n) is 4.68. The van der Waals surface area contributed by atoms with Crippen LogP contribution in [0.3, 0.4) is 0 Å². The van der Waals surface area contributed by atoms with Crippen molar-refractivity contribution in [3.63, 3.8) is 0 Å². The topological polar surface area (TPSA) is 100 Å². The molecule has 2 aliphatic rings. The molecule has 0 aromatic heterocycles. The number of Topliss-reactive ketones (excluding diaryl/α,β-unsaturated/α-hetero) is 1. The molecule has 0 fully saturated rings. The van der Waals surface area contributed by atoms with Crippen molar-refractivity contribution in [2.45, 2.75) is 46.1 Å². The van der Waals surface area contributed by atoms with E-state index in [1.54, 1.807) is 39.0 Å². The molecule has 1 aromatic rings. The maximum absolute atomic E-state index is 13.8. The normalized spacial score (nSPS) is 22.5. The number of benzene rings is 1. The molecule has 178 valence electrons. The zero-order chi connectivity index (χ0) is 24.4. The summed E-state index contributed by atoms with van der Waals surface area (Å²) in [6.45, 7) is 7.14. The molecule has 0 radical (unpaired) electrons. The average molecular weight is 458 g/mol. The summed E-state index contributed by atoms with van der Waals surface area (Å²) in [5, 5.41) is 3.24. The number of allylic oxidation sites excluding steroid dienone is 3. The summed E-state index contributed by atoms with van der Waals surface area (Å²) in [6.07, 6.45) is 0.0962. The number of ketones is 1. The summed E-state index contributed by atoms with van der Waals surface area (Å²) in [5.74, 6) is -2.67. The fraction of sp³-hybridized carbons (Fsp3) is 0.480. The number of rotatable bonds is 6. The largest absolute Gasteiger partial charge is 0.493 e. The Morgan fingerprint density at radius 2 is 1.82 bits per heavy atom. The number of carbonyl (C=O) groups is 3. The van der Waals surface area contributed by atoms with Crippen molar-refractivity contribution < 1.29 is 33.3 Å². The Balaban J connectivity index is 2.28. The summed E-state index contributed by atoms with van der Waals surface area (Å²) in [7, 11) is 4.29. The minimum atomic E-state index is -0.963. The lowest BCUT2D eigenvalue weighted by atomic mass is 9.69. The van der Waals surface area contributed by atoms with Crippen LogP contribution in [0.2, 0.25) is 0 Å². The molecular weight excluding hydrogens is 426 g/mol. The molecule has 3 atom stereocenters. The highest BCUT2D eigenvalue weighted by molar-refractivity contribution is 6.12. The standard InChI is InChI=1S/C25H31NO7/c1-12(2)33-25(29)19-14(4)26-16-11-13(3)18(24(28)32-7)22(27)21(16)20(19)15-9-8-10-17(30-5)23(15)31-6/h8-10,12-13,18,20,26H,11H2,1-7H3/t13-,18-,20+/m1/s1. The number of para-hydroxylation sites is 1. The SMILES string of the molecule is COC(=O)[C@H]1C(=O)C2=C(C[C@H]1C)NC(C)=C(C(=O)OC(C)C)[C@@H]2c1cccc(OC)c1OC. The van der Waals surface area contributed by atoms with Crippen LogP contribution in [-0.4, -0.2) is 45.2 Å². The monoisotopic (exact) mass is 457 g/mol. The summed E-state index contributed by atoms with van der Waals surface area (Å²) in [6, 6.07) is 5.30. The van der Waals surface area contributed by atoms with E-state index in [0.717, 1.165) is 0 Å². The molecule has 8 heteroatoms. The first kappa shape index (κ1) is 24.4. The van der Waals surface area contributed by atoms with Crippen LogP contribution in [0.5, 0.6) is 11.5 Å². The van der Waals surface area contributed by atoms with E-state index in [9.17, 15) is 14.4 Å². The van der Waals surface area contributed by atoms with Crippen molar-refractivity contribution in [3.05, 3.63) is 46.3 Å². The van der Waals surface area contributed by atoms with Crippen molar-refractivity contribution >= 4 is 17.7 Å². The Bertz CT molecular complexity index is 1040. The zero-order valence-electron chi connectivity index (χ0n) is 20.1. The van der Waals surface area contributed by atoms with Gasteiger partial charge in [0.25, 0.3) is 0 Å². The Hall–Kier alpha value is -3.29. The maximum atomic E-state index is 13.8. The number of ether oxygens (including phenoxy) is 4. The first-order valence-electron chi connectivity index (χ1n) is 10.9. The first-order chi connectivity index (χ1) is 15.7. The Kier molecular flexibility index (Phi) is 7.15. The van der Waals surface area contributed by atoms with Crippen LogP contribution in [0, 0.1) is 11.8 Å². The Morgan fingerprint density at radius 1 is 1.12 bits per heavy atom. The summed E-state index contributed by atoms with van der Waals surface area (Å²) < 4.78 is 21.6. The van der Waals surface area contributed by atoms with E-state index in [-0.39, 0.29) is 17.8 Å². The van der Waals surface area contributed by atoms with Crippen LogP contribution >= 0.6 is 0 Å². The third kappa shape index (κ3) is 4.34. The molecule has 1 aromatic carbocycles. The van der Waals surface area contributed by atoms with Crippen molar-refractivity contribution in [2.75, 3.05) is 21.3 Å². The molecule has 3 rings (SSSR count). The van der Waals surface area contributed by atoms with Gasteiger partial charge in [0.2, 0.25) is 0 Å². The third-order valence-electron chi connectivity index (χ3n) is 6.05. The van der Waals surface area contributed by atoms with Gasteiger partial charge in [-0.3, -0.25) is 9.59 Å². The van der Waals surface area contributed by atoms with Gasteiger partial charge in [-0.1, -0.05) is 19.1 Å². The van der Waals surface area contributed by atoms with Gasteiger partial charge < -0.3 is 24.3 Å². The predicted molar refractivity (Wildman–Crippen MR) is 121 cm³/mol. The van der Waals surface area contributed by atoms with Gasteiger partial charge in [0.15, 0.2) is 17.3 Å². The molecule has 0 unspecified atom stereocenters. The molecule has 0 saturated carbocycles. The fourth-order valence-corrected chi connectivity index (χ4v) is 4.68. The van der Waals surface area contributed by atoms with Gasteiger partial charge >= 0.3 is 11.9 Å². The van der Waals surface area contributed by atoms with Gasteiger partial charge in [0.1, 0.15) is 5.92 Å². The lowest BCUT2D eigenvalue weighted by Crippen LogP contribution is -2.43. The van der Waals surface area contributed by atoms with Crippen LogP contribution in [0.15, 0.2) is 40.7 Å². The van der Waals surface area contributed by atoms with E-state index < -0.39 is 23.8 Å². The molecule has 1 N–H and O–H groups in total. The third-order valence-corrected chi connectivity index (χ3v) is 6.05. The number of hydrogen-bond acceptors (Lipinski definition) is 8. The van der Waals surface area contributed by atoms with Crippen molar-refractivity contribution in [1.82, 2.24) is 5.32 Å². The van der Waals surface area contributed by atoms with Gasteiger partial charge in [-0.2, -0.15) is 0 Å². The number of nitrogens with one attached hydrogen (secondary N) is 1. The molecule has 0 saturated heterocycles. The molecule has 33 heavy (non-hydrogen) atoms. The van der Waals surface area contributed by atoms with E-state index in [1.165, 1.54) is 21.3 Å². The van der Waals surface area contributed by atoms with Crippen molar-refractivity contribution in [2.24, 2.45) is 11.8 Å². The number of hydrogen-bond donors (Lipinski definition) is 1. The van der Waals surface area contributed by atoms with Gasteiger partial charge in [-0.15, -0.1) is 0 Å². The van der Waals surface area contributed by atoms with Crippen LogP contribution in [0.1, 0.15) is 45.6 Å². The lowest BCUT2D eigenvalue weighted by Gasteiger charge is -2.38. The molecule has 0 amide bonds. The van der Waals surface area contributed by atoms with Gasteiger partial charge in [-0.05, 0) is 39.2 Å². The maximum Gasteiger partial charge on any atom is 0.337 e. The second kappa shape index (κ2) is 9.68. The second-order valence-corrected chi connectivity index (χ2v) is 8.57. The minimum absolute atomic E-state index is 0.263. The van der Waals surface area contributed by atoms with Crippen LogP contribution in [0.4, 0.5) is 0 Å². The number of carbonyl (C=O) groups excluding carboxylic acids is 3. The number of dihydropyridines is 1. The molecule has 8 nitrogen and oxygen atoms in total. The predicted octanol–water partition coefficient (Wildman–Crippen LogP) is 3.27. The lowest BCUT2D eigenvalue weighted by molar-refractivity contribution is -0.151. The highest BCUT2D eigenvalue weighted by Crippen LogP contribution is 2.49. The minimum Gasteiger partial charge on any atom is -0.493 e. The molecule has 1 aliphatic heterocycles. The molecular formula is C25H31NO7. The first-order valence-corrected chi connectivity index (χ1v) is 10.9. The number of esters is 2.